The van der Waals surface area contributed by atoms with Crippen LogP contribution in [0.25, 0.3) is 32.3 Å². The molecule has 0 aromatic heterocycles. The molecule has 8 fully saturated rings. The first kappa shape index (κ1) is 37.5. The van der Waals surface area contributed by atoms with E-state index in [0.29, 0.717) is 0 Å². The second kappa shape index (κ2) is 14.3. The Kier molecular flexibility index (Phi) is 8.39. The van der Waals surface area contributed by atoms with E-state index in [9.17, 15) is 0 Å². The molecule has 16 rings (SSSR count). The van der Waals surface area contributed by atoms with E-state index in [1.54, 1.807) is 32.7 Å². The van der Waals surface area contributed by atoms with Crippen LogP contribution in [0.5, 0.6) is 0 Å². The number of para-hydroxylation sites is 3. The van der Waals surface area contributed by atoms with Crippen molar-refractivity contribution in [1.82, 2.24) is 0 Å². The number of hydrogen-bond acceptors (Lipinski definition) is 2. The summed E-state index contributed by atoms with van der Waals surface area (Å²) in [7, 11) is 0. The van der Waals surface area contributed by atoms with Crippen LogP contribution in [-0.2, 0) is 10.8 Å². The van der Waals surface area contributed by atoms with Crippen LogP contribution in [0.2, 0.25) is 0 Å². The highest BCUT2D eigenvalue weighted by Crippen LogP contribution is 2.66. The van der Waals surface area contributed by atoms with Gasteiger partial charge in [0.2, 0.25) is 0 Å². The van der Waals surface area contributed by atoms with Gasteiger partial charge in [-0.2, -0.15) is 0 Å². The first-order valence-corrected chi connectivity index (χ1v) is 24.8. The van der Waals surface area contributed by atoms with Gasteiger partial charge in [-0.1, -0.05) is 97.1 Å². The minimum absolute atomic E-state index is 0.199. The van der Waals surface area contributed by atoms with Crippen LogP contribution in [0.15, 0.2) is 170 Å². The Labute approximate surface area is 378 Å². The predicted molar refractivity (Wildman–Crippen MR) is 268 cm³/mol. The van der Waals surface area contributed by atoms with E-state index < -0.39 is 0 Å². The van der Waals surface area contributed by atoms with Crippen molar-refractivity contribution in [3.63, 3.8) is 0 Å². The van der Waals surface area contributed by atoms with Gasteiger partial charge in [0, 0.05) is 34.1 Å². The van der Waals surface area contributed by atoms with E-state index in [0.717, 1.165) is 35.5 Å². The average Bonchev–Trinajstić information content (AvgIpc) is 3.31. The fourth-order valence-electron chi connectivity index (χ4n) is 16.4. The molecule has 8 aromatic rings. The van der Waals surface area contributed by atoms with Crippen molar-refractivity contribution in [2.45, 2.75) is 87.9 Å². The lowest BCUT2D eigenvalue weighted by molar-refractivity contribution is -0.00493. The van der Waals surface area contributed by atoms with Gasteiger partial charge in [-0.3, -0.25) is 0 Å². The van der Waals surface area contributed by atoms with Crippen LogP contribution in [-0.4, -0.2) is 0 Å². The van der Waals surface area contributed by atoms with Crippen molar-refractivity contribution < 1.29 is 0 Å². The zero-order chi connectivity index (χ0) is 42.0. The summed E-state index contributed by atoms with van der Waals surface area (Å²) in [6.07, 6.45) is 16.8. The number of anilines is 6. The van der Waals surface area contributed by atoms with Gasteiger partial charge in [0.05, 0.1) is 0 Å². The summed E-state index contributed by atoms with van der Waals surface area (Å²) < 4.78 is 0. The lowest BCUT2D eigenvalue weighted by atomic mass is 9.46. The Hall–Kier alpha value is -5.86. The summed E-state index contributed by atoms with van der Waals surface area (Å²) in [6.45, 7) is 0. The van der Waals surface area contributed by atoms with E-state index in [4.69, 9.17) is 0 Å². The van der Waals surface area contributed by atoms with E-state index >= 15 is 0 Å². The molecule has 0 radical (unpaired) electrons. The zero-order valence-corrected chi connectivity index (χ0v) is 37.0. The number of rotatable bonds is 8. The molecule has 8 aromatic carbocycles. The molecule has 0 N–H and O–H groups in total. The van der Waals surface area contributed by atoms with Crippen LogP contribution in [0.3, 0.4) is 0 Å². The molecule has 8 saturated carbocycles. The van der Waals surface area contributed by atoms with Gasteiger partial charge in [0.25, 0.3) is 0 Å². The van der Waals surface area contributed by atoms with E-state index in [-0.39, 0.29) is 10.8 Å². The minimum Gasteiger partial charge on any atom is -0.310 e. The molecule has 0 amide bonds. The molecule has 0 saturated heterocycles. The summed E-state index contributed by atoms with van der Waals surface area (Å²) >= 11 is 0. The van der Waals surface area contributed by atoms with E-state index in [2.05, 4.69) is 180 Å². The largest absolute Gasteiger partial charge is 0.310 e. The van der Waals surface area contributed by atoms with Crippen LogP contribution < -0.4 is 9.80 Å². The summed E-state index contributed by atoms with van der Waals surface area (Å²) in [5.74, 6) is 5.12. The Bertz CT molecular complexity index is 2970. The summed E-state index contributed by atoms with van der Waals surface area (Å²) in [6, 6.07) is 64.9. The second-order valence-corrected chi connectivity index (χ2v) is 21.8. The van der Waals surface area contributed by atoms with Crippen LogP contribution in [0.4, 0.5) is 34.1 Å². The van der Waals surface area contributed by atoms with Crippen LogP contribution >= 0.6 is 0 Å². The van der Waals surface area contributed by atoms with Gasteiger partial charge < -0.3 is 9.80 Å². The molecule has 2 nitrogen and oxygen atoms in total. The molecule has 0 spiro atoms. The van der Waals surface area contributed by atoms with Gasteiger partial charge in [0.15, 0.2) is 0 Å². The van der Waals surface area contributed by atoms with Crippen molar-refractivity contribution in [2.75, 3.05) is 9.80 Å². The lowest BCUT2D eigenvalue weighted by Gasteiger charge is -2.59. The summed E-state index contributed by atoms with van der Waals surface area (Å²) in [5.41, 5.74) is 11.2. The maximum Gasteiger partial charge on any atom is 0.0468 e. The summed E-state index contributed by atoms with van der Waals surface area (Å²) in [4.78, 5) is 5.06. The topological polar surface area (TPSA) is 6.48 Å². The monoisotopic (exact) mass is 830 g/mol. The Morgan fingerprint density at radius 2 is 0.609 bits per heavy atom. The van der Waals surface area contributed by atoms with Crippen molar-refractivity contribution >= 4 is 66.4 Å². The van der Waals surface area contributed by atoms with E-state index in [1.807, 2.05) is 0 Å². The first-order valence-electron chi connectivity index (χ1n) is 24.8. The highest BCUT2D eigenvalue weighted by Gasteiger charge is 2.55. The van der Waals surface area contributed by atoms with Gasteiger partial charge in [-0.25, -0.2) is 0 Å². The third-order valence-corrected chi connectivity index (χ3v) is 17.8. The molecule has 0 aliphatic heterocycles. The smallest absolute Gasteiger partial charge is 0.0468 e. The molecule has 0 unspecified atom stereocenters. The van der Waals surface area contributed by atoms with Crippen LogP contribution in [0.1, 0.15) is 88.2 Å². The van der Waals surface area contributed by atoms with Gasteiger partial charge in [-0.15, -0.1) is 0 Å². The Balaban J connectivity index is 1.08. The summed E-state index contributed by atoms with van der Waals surface area (Å²) in [5, 5.41) is 8.78. The highest BCUT2D eigenvalue weighted by atomic mass is 15.1. The highest BCUT2D eigenvalue weighted by molar-refractivity contribution is 6.10. The normalized spacial score (nSPS) is 28.6. The second-order valence-electron chi connectivity index (χ2n) is 21.8. The molecule has 0 atom stereocenters. The first-order chi connectivity index (χ1) is 31.5. The van der Waals surface area contributed by atoms with Gasteiger partial charge in [0.1, 0.15) is 0 Å². The molecular formula is C62H58N2. The van der Waals surface area contributed by atoms with E-state index in [1.165, 1.54) is 122 Å². The van der Waals surface area contributed by atoms with Crippen molar-refractivity contribution in [1.29, 1.82) is 0 Å². The van der Waals surface area contributed by atoms with Gasteiger partial charge >= 0.3 is 0 Å². The maximum absolute atomic E-state index is 2.70. The lowest BCUT2D eigenvalue weighted by Crippen LogP contribution is -2.49. The standard InChI is InChI=1S/C62H58N2/c1-4-14-49(15-5-1)63(50-16-6-2-7-17-50)53-22-24-55-57(33-53)59(61-35-41-26-42(36-61)28-43(27-41)37-61)56-25-23-54(34-58(56)60(55)62-38-44-29-45(39-62)31-46(30-44)40-62)64(51-18-8-3-9-19-51)52-21-20-47-12-10-11-13-48(47)32-52/h1-25,32-34,41-46H,26-31,35-40H2. The predicted octanol–water partition coefficient (Wildman–Crippen LogP) is 17.0. The quantitative estimate of drug-likeness (QED) is 0.141. The molecule has 8 aliphatic carbocycles. The number of nitrogens with zero attached hydrogens (tertiary/aromatic N) is 2. The maximum atomic E-state index is 2.70. The molecule has 64 heavy (non-hydrogen) atoms. The van der Waals surface area contributed by atoms with Crippen molar-refractivity contribution in [3.05, 3.63) is 181 Å². The zero-order valence-electron chi connectivity index (χ0n) is 37.0. The molecule has 316 valence electrons. The fraction of sp³-hybridized carbons (Fsp3) is 0.323. The molecule has 8 bridgehead atoms. The van der Waals surface area contributed by atoms with Crippen molar-refractivity contribution in [3.8, 4) is 0 Å². The third-order valence-electron chi connectivity index (χ3n) is 17.8. The fourth-order valence-corrected chi connectivity index (χ4v) is 16.4. The molecule has 8 aliphatic rings. The van der Waals surface area contributed by atoms with Crippen molar-refractivity contribution in [2.24, 2.45) is 35.5 Å². The Morgan fingerprint density at radius 3 is 1.02 bits per heavy atom. The third kappa shape index (κ3) is 5.90. The van der Waals surface area contributed by atoms with Crippen LogP contribution in [0, 0.1) is 35.5 Å². The molecular weight excluding hydrogens is 773 g/mol. The number of fused-ring (bicyclic) bond motifs is 3. The Morgan fingerprint density at radius 1 is 0.281 bits per heavy atom. The SMILES string of the molecule is c1ccc(N(c2ccccc2)c2ccc3c(C45CC6CC(CC(C6)C4)C5)c4cc(N(c5ccccc5)c5ccc6ccccc6c5)ccc4c(C45CC6CC(CC(C6)C4)C5)c3c2)cc1. The average molecular weight is 831 g/mol. The number of hydrogen-bond donors (Lipinski definition) is 0. The van der Waals surface area contributed by atoms with Gasteiger partial charge in [-0.05, 0) is 240 Å². The molecule has 0 heterocycles. The minimum atomic E-state index is 0.199. The number of benzene rings is 8. The molecule has 2 heteroatoms.